The Bertz CT molecular complexity index is 6700. The summed E-state index contributed by atoms with van der Waals surface area (Å²) in [5.74, 6) is 4.96. The number of rotatable bonds is 12. The number of nitrogens with one attached hydrogen (secondary N) is 1. The molecule has 125 heavy (non-hydrogen) atoms. The van der Waals surface area contributed by atoms with Crippen molar-refractivity contribution in [3.63, 3.8) is 0 Å². The van der Waals surface area contributed by atoms with Crippen LogP contribution in [0.4, 0.5) is 58.3 Å². The summed E-state index contributed by atoms with van der Waals surface area (Å²) in [4.78, 5) is 75.0. The van der Waals surface area contributed by atoms with Gasteiger partial charge in [0.25, 0.3) is 0 Å². The molecule has 9 N–H and O–H groups in total. The standard InChI is InChI=1S/C24H20ClN7.C24H19ClN6.2C22H22ClN7O/c25-18-9-4-8-15-12-16(20(29-21(15)18)14-6-2-1-3-7-14)19-10-5-11-32(19)23-17(13-26)22(27)30-24(28)31-23;25-19-9-4-8-16-12-17(21(30-22(16)19)15-6-2-1-3-7-15)20-10-5-11-31(20)24-18(13-26)23(27)28-14-29-24;23-16-4-1-3-14-11-15(21(28-18(14)16)29-7-9-31-10-8-29)17-5-2-6-30(17)22-19-20(25-12-24-19)26-13-27-22;23-17-4-1-3-14-11-15(22(28-19(14)17)29-7-9-31-10-8-29)18-5-2-6-30(18)21-16(12-24)20(25)26-13-27-21/h1-4,6-9,12,19H,5,10-11H2,(H4,27,28,30,31);1-4,6-9,12,14,20H,5,10-11H2,(H2,27,28,29);1,3-4,11-13,17H,2,5-10H2,(H,24,25,26,27);1,3-4,11,13,18H,2,5-10H2,(H2,25,26,27)/t19-;20-;17-;18-/m0000/s1. The van der Waals surface area contributed by atoms with Gasteiger partial charge in [0.15, 0.2) is 28.9 Å². The molecule has 6 aliphatic heterocycles. The normalized spacial score (nSPS) is 17.5. The van der Waals surface area contributed by atoms with E-state index in [0.717, 1.165) is 210 Å². The van der Waals surface area contributed by atoms with Gasteiger partial charge >= 0.3 is 0 Å². The minimum atomic E-state index is -0.0538. The molecule has 6 aromatic carbocycles. The number of benzene rings is 6. The molecule has 0 bridgehead atoms. The van der Waals surface area contributed by atoms with E-state index in [4.69, 9.17) is 98.7 Å². The number of aromatic nitrogens is 14. The first-order valence-corrected chi connectivity index (χ1v) is 42.9. The number of nitrogen functional groups attached to an aromatic ring is 4. The highest BCUT2D eigenvalue weighted by Crippen LogP contribution is 2.48. The first-order valence-electron chi connectivity index (χ1n) is 41.4. The Morgan fingerprint density at radius 1 is 0.352 bits per heavy atom. The number of anilines is 10. The van der Waals surface area contributed by atoms with Gasteiger partial charge in [-0.15, -0.1) is 0 Å². The van der Waals surface area contributed by atoms with E-state index in [2.05, 4.69) is 140 Å². The predicted molar refractivity (Wildman–Crippen MR) is 491 cm³/mol. The summed E-state index contributed by atoms with van der Waals surface area (Å²) in [7, 11) is 0. The largest absolute Gasteiger partial charge is 0.382 e. The molecule has 9 aromatic heterocycles. The molecule has 15 heterocycles. The summed E-state index contributed by atoms with van der Waals surface area (Å²) in [6.45, 7) is 9.12. The van der Waals surface area contributed by atoms with Crippen molar-refractivity contribution in [3.8, 4) is 40.7 Å². The lowest BCUT2D eigenvalue weighted by Crippen LogP contribution is -2.38. The average molecular weight is 1740 g/mol. The zero-order chi connectivity index (χ0) is 85.8. The Labute approximate surface area is 739 Å². The number of ether oxygens (including phenoxy) is 2. The van der Waals surface area contributed by atoms with Gasteiger partial charge in [-0.05, 0) is 99.9 Å². The van der Waals surface area contributed by atoms with Gasteiger partial charge in [0.05, 0.1) is 110 Å². The number of morpholine rings is 2. The maximum atomic E-state index is 9.71. The molecule has 0 saturated carbocycles. The first kappa shape index (κ1) is 82.3. The number of para-hydroxylation sites is 4. The number of imidazole rings is 1. The fourth-order valence-electron chi connectivity index (χ4n) is 18.0. The number of hydrogen-bond donors (Lipinski definition) is 5. The third-order valence-corrected chi connectivity index (χ3v) is 24.9. The fraction of sp³-hybridized carbons (Fsp3) is 0.261. The summed E-state index contributed by atoms with van der Waals surface area (Å²) < 4.78 is 11.2. The van der Waals surface area contributed by atoms with Crippen LogP contribution in [-0.2, 0) is 9.47 Å². The van der Waals surface area contributed by atoms with Gasteiger partial charge in [0, 0.05) is 107 Å². The van der Waals surface area contributed by atoms with Crippen LogP contribution in [0.15, 0.2) is 183 Å². The lowest BCUT2D eigenvalue weighted by molar-refractivity contribution is 0.122. The number of pyridine rings is 4. The van der Waals surface area contributed by atoms with Crippen molar-refractivity contribution in [2.24, 2.45) is 0 Å². The molecule has 15 aromatic rings. The molecule has 6 saturated heterocycles. The number of halogens is 4. The van der Waals surface area contributed by atoms with Gasteiger partial charge < -0.3 is 66.8 Å². The molecule has 0 radical (unpaired) electrons. The maximum absolute atomic E-state index is 9.71. The SMILES string of the molecule is Clc1cccc2cc([C@@H]3CCCN3c3ncnc4nc[nH]c34)c(N3CCOCC3)nc12.N#Cc1c(N)nc(N)nc1N1CCC[C@H]1c1cc2cccc(Cl)c2nc1-c1ccccc1.N#Cc1c(N)ncnc1N1CCC[C@H]1c1cc2cccc(Cl)c2nc1-c1ccccc1.N#Cc1c(N)ncnc1N1CCC[C@H]1c1cc2cccc(Cl)c2nc1N1CCOCC1. The topological polar surface area (TPSA) is 397 Å². The Hall–Kier alpha value is -13.7. The summed E-state index contributed by atoms with van der Waals surface area (Å²) in [6, 6.07) is 58.9. The third kappa shape index (κ3) is 16.5. The molecule has 29 nitrogen and oxygen atoms in total. The van der Waals surface area contributed by atoms with E-state index in [1.165, 1.54) is 18.2 Å². The van der Waals surface area contributed by atoms with Crippen LogP contribution in [0, 0.1) is 34.0 Å². The van der Waals surface area contributed by atoms with Gasteiger partial charge in [-0.25, -0.2) is 54.8 Å². The Kier molecular flexibility index (Phi) is 23.9. The van der Waals surface area contributed by atoms with E-state index in [1.807, 2.05) is 115 Å². The predicted octanol–water partition coefficient (Wildman–Crippen LogP) is 16.9. The number of nitrogens with two attached hydrogens (primary N) is 4. The molecule has 6 aliphatic rings. The Morgan fingerprint density at radius 3 is 1.13 bits per heavy atom. The van der Waals surface area contributed by atoms with E-state index in [0.29, 0.717) is 80.7 Å². The Morgan fingerprint density at radius 2 is 0.712 bits per heavy atom. The number of fused-ring (bicyclic) bond motifs is 5. The van der Waals surface area contributed by atoms with Crippen LogP contribution >= 0.6 is 46.4 Å². The smallest absolute Gasteiger partial charge is 0.224 e. The summed E-state index contributed by atoms with van der Waals surface area (Å²) in [6.07, 6.45) is 13.8. The molecule has 0 amide bonds. The van der Waals surface area contributed by atoms with E-state index < -0.39 is 0 Å². The van der Waals surface area contributed by atoms with E-state index in [-0.39, 0.29) is 53.1 Å². The van der Waals surface area contributed by atoms with Crippen molar-refractivity contribution in [2.75, 3.05) is 131 Å². The van der Waals surface area contributed by atoms with Crippen molar-refractivity contribution >= 4 is 159 Å². The molecule has 0 spiro atoms. The molecular formula is C92H83Cl4N27O2. The van der Waals surface area contributed by atoms with Crippen LogP contribution < -0.4 is 52.3 Å². The van der Waals surface area contributed by atoms with E-state index >= 15 is 0 Å². The summed E-state index contributed by atoms with van der Waals surface area (Å²) >= 11 is 25.9. The molecule has 0 unspecified atom stereocenters. The van der Waals surface area contributed by atoms with Crippen LogP contribution in [0.1, 0.15) is 114 Å². The zero-order valence-corrected chi connectivity index (χ0v) is 70.8. The third-order valence-electron chi connectivity index (χ3n) is 23.7. The monoisotopic (exact) mass is 1740 g/mol. The molecule has 626 valence electrons. The number of nitriles is 3. The van der Waals surface area contributed by atoms with Crippen LogP contribution in [0.25, 0.3) is 77.3 Å². The van der Waals surface area contributed by atoms with Crippen LogP contribution in [-0.4, -0.2) is 149 Å². The highest BCUT2D eigenvalue weighted by Gasteiger charge is 2.39. The number of H-pyrrole nitrogens is 1. The van der Waals surface area contributed by atoms with Crippen molar-refractivity contribution < 1.29 is 9.47 Å². The maximum Gasteiger partial charge on any atom is 0.224 e. The molecule has 6 fully saturated rings. The highest BCUT2D eigenvalue weighted by atomic mass is 35.5. The lowest BCUT2D eigenvalue weighted by atomic mass is 9.96. The number of nitrogens with zero attached hydrogens (tertiary/aromatic N) is 22. The van der Waals surface area contributed by atoms with Crippen molar-refractivity contribution in [1.82, 2.24) is 69.8 Å². The van der Waals surface area contributed by atoms with Gasteiger partial charge in [-0.2, -0.15) is 25.8 Å². The van der Waals surface area contributed by atoms with Gasteiger partial charge in [0.2, 0.25) is 5.95 Å². The summed E-state index contributed by atoms with van der Waals surface area (Å²) in [5.41, 5.74) is 37.6. The molecule has 21 rings (SSSR count). The second-order valence-corrected chi connectivity index (χ2v) is 32.6. The molecule has 4 atom stereocenters. The lowest BCUT2D eigenvalue weighted by Gasteiger charge is -2.33. The van der Waals surface area contributed by atoms with Gasteiger partial charge in [0.1, 0.15) is 88.5 Å². The van der Waals surface area contributed by atoms with Crippen LogP contribution in [0.5, 0.6) is 0 Å². The average Bonchev–Trinajstić information content (AvgIpc) is 1.72. The second kappa shape index (κ2) is 36.4. The van der Waals surface area contributed by atoms with Crippen LogP contribution in [0.2, 0.25) is 20.1 Å². The second-order valence-electron chi connectivity index (χ2n) is 31.0. The van der Waals surface area contributed by atoms with Crippen molar-refractivity contribution in [3.05, 3.63) is 242 Å². The van der Waals surface area contributed by atoms with Crippen LogP contribution in [0.3, 0.4) is 0 Å². The minimum absolute atomic E-state index is 0.00693. The van der Waals surface area contributed by atoms with Gasteiger partial charge in [-0.1, -0.05) is 156 Å². The van der Waals surface area contributed by atoms with Crippen molar-refractivity contribution in [2.45, 2.75) is 75.5 Å². The first-order chi connectivity index (χ1) is 61.2. The molecule has 33 heteroatoms. The summed E-state index contributed by atoms with van der Waals surface area (Å²) in [5, 5.41) is 35.6. The number of aromatic amines is 1. The van der Waals surface area contributed by atoms with E-state index in [9.17, 15) is 15.8 Å². The molecular weight excluding hydrogens is 1660 g/mol. The fourth-order valence-corrected chi connectivity index (χ4v) is 18.9. The zero-order valence-electron chi connectivity index (χ0n) is 67.7. The van der Waals surface area contributed by atoms with E-state index in [1.54, 1.807) is 12.7 Å². The van der Waals surface area contributed by atoms with Gasteiger partial charge in [-0.3, -0.25) is 0 Å². The van der Waals surface area contributed by atoms with Crippen molar-refractivity contribution in [1.29, 1.82) is 15.8 Å². The quantitative estimate of drug-likeness (QED) is 0.0758. The number of hydrogen-bond acceptors (Lipinski definition) is 28. The Balaban J connectivity index is 0.000000113. The minimum Gasteiger partial charge on any atom is -0.382 e. The molecule has 0 aliphatic carbocycles. The highest BCUT2D eigenvalue weighted by molar-refractivity contribution is 6.36.